The Morgan fingerprint density at radius 2 is 1.73 bits per heavy atom. The van der Waals surface area contributed by atoms with Crippen molar-refractivity contribution in [3.05, 3.63) is 72.5 Å². The number of halogens is 1. The third-order valence-electron chi connectivity index (χ3n) is 3.34. The molecule has 3 nitrogen and oxygen atoms in total. The fourth-order valence-corrected chi connectivity index (χ4v) is 2.33. The van der Waals surface area contributed by atoms with Crippen molar-refractivity contribution < 1.29 is 9.18 Å². The second kappa shape index (κ2) is 6.26. The predicted molar refractivity (Wildman–Crippen MR) is 87.5 cm³/mol. The van der Waals surface area contributed by atoms with Crippen LogP contribution in [0.3, 0.4) is 0 Å². The Balaban J connectivity index is 1.68. The summed E-state index contributed by atoms with van der Waals surface area (Å²) in [4.78, 5) is 11.9. The van der Waals surface area contributed by atoms with E-state index in [0.717, 1.165) is 16.5 Å². The molecular formula is C18H15FN2O. The van der Waals surface area contributed by atoms with Gasteiger partial charge in [0.1, 0.15) is 5.82 Å². The van der Waals surface area contributed by atoms with Crippen molar-refractivity contribution in [2.75, 3.05) is 17.2 Å². The van der Waals surface area contributed by atoms with Crippen molar-refractivity contribution in [1.29, 1.82) is 0 Å². The SMILES string of the molecule is O=C(CNc1cccc2ccccc12)Nc1cccc(F)c1. The summed E-state index contributed by atoms with van der Waals surface area (Å²) in [6.45, 7) is 0.116. The number of carbonyl (C=O) groups excluding carboxylic acids is 1. The number of rotatable bonds is 4. The molecule has 1 amide bonds. The Kier molecular flexibility index (Phi) is 4.01. The molecule has 2 N–H and O–H groups in total. The van der Waals surface area contributed by atoms with Gasteiger partial charge < -0.3 is 10.6 Å². The molecule has 3 aromatic rings. The number of carbonyl (C=O) groups is 1. The number of anilines is 2. The van der Waals surface area contributed by atoms with Crippen molar-refractivity contribution >= 4 is 28.1 Å². The molecule has 0 aliphatic rings. The summed E-state index contributed by atoms with van der Waals surface area (Å²) in [7, 11) is 0. The zero-order valence-electron chi connectivity index (χ0n) is 11.8. The molecular weight excluding hydrogens is 279 g/mol. The maximum absolute atomic E-state index is 13.1. The maximum atomic E-state index is 13.1. The highest BCUT2D eigenvalue weighted by molar-refractivity contribution is 5.97. The number of benzene rings is 3. The van der Waals surface area contributed by atoms with Gasteiger partial charge in [0.05, 0.1) is 6.54 Å². The standard InChI is InChI=1S/C18H15FN2O/c19-14-7-4-8-15(11-14)21-18(22)12-20-17-10-3-6-13-5-1-2-9-16(13)17/h1-11,20H,12H2,(H,21,22). The molecule has 0 aromatic heterocycles. The van der Waals surface area contributed by atoms with Crippen LogP contribution in [-0.2, 0) is 4.79 Å². The highest BCUT2D eigenvalue weighted by Gasteiger charge is 2.05. The molecule has 22 heavy (non-hydrogen) atoms. The molecule has 0 aliphatic heterocycles. The van der Waals surface area contributed by atoms with Crippen LogP contribution < -0.4 is 10.6 Å². The minimum absolute atomic E-state index is 0.116. The van der Waals surface area contributed by atoms with Gasteiger partial charge in [-0.2, -0.15) is 0 Å². The lowest BCUT2D eigenvalue weighted by molar-refractivity contribution is -0.114. The van der Waals surface area contributed by atoms with Gasteiger partial charge in [-0.1, -0.05) is 42.5 Å². The van der Waals surface area contributed by atoms with Crippen LogP contribution in [0.5, 0.6) is 0 Å². The van der Waals surface area contributed by atoms with Gasteiger partial charge in [-0.05, 0) is 29.7 Å². The summed E-state index contributed by atoms with van der Waals surface area (Å²) in [6, 6.07) is 19.7. The lowest BCUT2D eigenvalue weighted by atomic mass is 10.1. The molecule has 3 aromatic carbocycles. The lowest BCUT2D eigenvalue weighted by Crippen LogP contribution is -2.21. The summed E-state index contributed by atoms with van der Waals surface area (Å²) in [5, 5.41) is 7.94. The molecule has 0 heterocycles. The maximum Gasteiger partial charge on any atom is 0.243 e. The van der Waals surface area contributed by atoms with E-state index in [2.05, 4.69) is 10.6 Å². The Bertz CT molecular complexity index is 812. The number of amides is 1. The van der Waals surface area contributed by atoms with Crippen molar-refractivity contribution in [3.63, 3.8) is 0 Å². The number of nitrogens with one attached hydrogen (secondary N) is 2. The van der Waals surface area contributed by atoms with Gasteiger partial charge >= 0.3 is 0 Å². The van der Waals surface area contributed by atoms with E-state index in [0.29, 0.717) is 5.69 Å². The van der Waals surface area contributed by atoms with Gasteiger partial charge in [0.2, 0.25) is 5.91 Å². The molecule has 0 atom stereocenters. The minimum atomic E-state index is -0.375. The van der Waals surface area contributed by atoms with E-state index in [1.165, 1.54) is 12.1 Å². The first-order valence-electron chi connectivity index (χ1n) is 6.99. The summed E-state index contributed by atoms with van der Waals surface area (Å²) >= 11 is 0. The highest BCUT2D eigenvalue weighted by Crippen LogP contribution is 2.22. The van der Waals surface area contributed by atoms with Crippen LogP contribution in [0.15, 0.2) is 66.7 Å². The van der Waals surface area contributed by atoms with Crippen LogP contribution in [0.4, 0.5) is 15.8 Å². The van der Waals surface area contributed by atoms with E-state index in [-0.39, 0.29) is 18.3 Å². The van der Waals surface area contributed by atoms with Gasteiger partial charge in [-0.15, -0.1) is 0 Å². The van der Waals surface area contributed by atoms with Crippen LogP contribution in [0.25, 0.3) is 10.8 Å². The minimum Gasteiger partial charge on any atom is -0.376 e. The van der Waals surface area contributed by atoms with E-state index in [1.54, 1.807) is 12.1 Å². The molecule has 0 aliphatic carbocycles. The molecule has 4 heteroatoms. The fraction of sp³-hybridized carbons (Fsp3) is 0.0556. The van der Waals surface area contributed by atoms with E-state index >= 15 is 0 Å². The molecule has 0 spiro atoms. The number of hydrogen-bond donors (Lipinski definition) is 2. The fourth-order valence-electron chi connectivity index (χ4n) is 2.33. The van der Waals surface area contributed by atoms with Crippen LogP contribution in [0.1, 0.15) is 0 Å². The summed E-state index contributed by atoms with van der Waals surface area (Å²) < 4.78 is 13.1. The summed E-state index contributed by atoms with van der Waals surface area (Å²) in [5.41, 5.74) is 1.34. The predicted octanol–water partition coefficient (Wildman–Crippen LogP) is 4.03. The van der Waals surface area contributed by atoms with Gasteiger partial charge in [-0.25, -0.2) is 4.39 Å². The van der Waals surface area contributed by atoms with E-state index in [4.69, 9.17) is 0 Å². The van der Waals surface area contributed by atoms with Crippen LogP contribution in [0.2, 0.25) is 0 Å². The molecule has 3 rings (SSSR count). The van der Waals surface area contributed by atoms with Crippen molar-refractivity contribution in [3.8, 4) is 0 Å². The Morgan fingerprint density at radius 3 is 2.59 bits per heavy atom. The molecule has 110 valence electrons. The lowest BCUT2D eigenvalue weighted by Gasteiger charge is -2.10. The first kappa shape index (κ1) is 14.1. The first-order valence-corrected chi connectivity index (χ1v) is 6.99. The van der Waals surface area contributed by atoms with Gasteiger partial charge in [0, 0.05) is 16.8 Å². The highest BCUT2D eigenvalue weighted by atomic mass is 19.1. The van der Waals surface area contributed by atoms with Gasteiger partial charge in [0.25, 0.3) is 0 Å². The summed E-state index contributed by atoms with van der Waals surface area (Å²) in [6.07, 6.45) is 0. The molecule has 0 saturated carbocycles. The molecule has 0 bridgehead atoms. The monoisotopic (exact) mass is 294 g/mol. The Hall–Kier alpha value is -2.88. The van der Waals surface area contributed by atoms with Gasteiger partial charge in [-0.3, -0.25) is 4.79 Å². The van der Waals surface area contributed by atoms with Crippen LogP contribution in [-0.4, -0.2) is 12.5 Å². The molecule has 0 fully saturated rings. The third-order valence-corrected chi connectivity index (χ3v) is 3.34. The second-order valence-corrected chi connectivity index (χ2v) is 4.94. The topological polar surface area (TPSA) is 41.1 Å². The Morgan fingerprint density at radius 1 is 0.955 bits per heavy atom. The zero-order valence-corrected chi connectivity index (χ0v) is 11.8. The quantitative estimate of drug-likeness (QED) is 0.762. The molecule has 0 saturated heterocycles. The van der Waals surface area contributed by atoms with E-state index in [9.17, 15) is 9.18 Å². The van der Waals surface area contributed by atoms with E-state index < -0.39 is 0 Å². The smallest absolute Gasteiger partial charge is 0.243 e. The average molecular weight is 294 g/mol. The molecule has 0 radical (unpaired) electrons. The van der Waals surface area contributed by atoms with Crippen molar-refractivity contribution in [2.45, 2.75) is 0 Å². The first-order chi connectivity index (χ1) is 10.7. The van der Waals surface area contributed by atoms with Crippen molar-refractivity contribution in [2.24, 2.45) is 0 Å². The van der Waals surface area contributed by atoms with Crippen LogP contribution >= 0.6 is 0 Å². The van der Waals surface area contributed by atoms with Crippen LogP contribution in [0, 0.1) is 5.82 Å². The normalized spacial score (nSPS) is 10.4. The largest absolute Gasteiger partial charge is 0.376 e. The number of fused-ring (bicyclic) bond motifs is 1. The van der Waals surface area contributed by atoms with Gasteiger partial charge in [0.15, 0.2) is 0 Å². The molecule has 0 unspecified atom stereocenters. The third kappa shape index (κ3) is 3.23. The second-order valence-electron chi connectivity index (χ2n) is 4.94. The zero-order chi connectivity index (χ0) is 15.4. The summed E-state index contributed by atoms with van der Waals surface area (Å²) in [5.74, 6) is -0.599. The van der Waals surface area contributed by atoms with Crippen molar-refractivity contribution in [1.82, 2.24) is 0 Å². The number of hydrogen-bond acceptors (Lipinski definition) is 2. The Labute approximate surface area is 127 Å². The average Bonchev–Trinajstić information content (AvgIpc) is 2.53. The van der Waals surface area contributed by atoms with E-state index in [1.807, 2.05) is 42.5 Å².